The number of hydrogen-bond acceptors (Lipinski definition) is 4. The van der Waals surface area contributed by atoms with Crippen molar-refractivity contribution in [3.8, 4) is 0 Å². The van der Waals surface area contributed by atoms with Crippen molar-refractivity contribution >= 4 is 11.9 Å². The number of carbonyl (C=O) groups excluding carboxylic acids is 1. The summed E-state index contributed by atoms with van der Waals surface area (Å²) in [6, 6.07) is 0. The molecular formula is C9H16N2O4. The Bertz CT molecular complexity index is 259. The Balaban J connectivity index is 2.50. The number of morpholine rings is 1. The Morgan fingerprint density at radius 2 is 2.20 bits per heavy atom. The number of rotatable bonds is 3. The standard InChI is InChI=1S/C9H16N2O4/c1-9(2,8(13)14)11-7(12)6-5-10-3-4-15-6/h6,10H,3-5H2,1-2H3,(H,11,12)(H,13,14). The van der Waals surface area contributed by atoms with E-state index in [1.165, 1.54) is 13.8 Å². The molecule has 0 aromatic carbocycles. The average Bonchev–Trinajstić information content (AvgIpc) is 2.18. The minimum atomic E-state index is -1.27. The van der Waals surface area contributed by atoms with Crippen LogP contribution >= 0.6 is 0 Å². The van der Waals surface area contributed by atoms with Gasteiger partial charge in [0.15, 0.2) is 0 Å². The molecule has 6 nitrogen and oxygen atoms in total. The topological polar surface area (TPSA) is 87.7 Å². The first-order valence-corrected chi connectivity index (χ1v) is 4.81. The predicted molar refractivity (Wildman–Crippen MR) is 52.5 cm³/mol. The SMILES string of the molecule is CC(C)(NC(=O)C1CNCCO1)C(=O)O. The molecule has 1 rings (SSSR count). The largest absolute Gasteiger partial charge is 0.480 e. The van der Waals surface area contributed by atoms with Crippen LogP contribution in [0.3, 0.4) is 0 Å². The van der Waals surface area contributed by atoms with Crippen molar-refractivity contribution in [2.45, 2.75) is 25.5 Å². The van der Waals surface area contributed by atoms with Crippen LogP contribution in [0.15, 0.2) is 0 Å². The second-order valence-corrected chi connectivity index (χ2v) is 3.98. The Labute approximate surface area is 88.0 Å². The summed E-state index contributed by atoms with van der Waals surface area (Å²) in [6.45, 7) is 4.46. The maximum atomic E-state index is 11.6. The molecule has 1 amide bonds. The molecule has 1 saturated heterocycles. The first-order chi connectivity index (χ1) is 6.93. The molecule has 0 aromatic rings. The molecule has 86 valence electrons. The van der Waals surface area contributed by atoms with Crippen LogP contribution in [-0.4, -0.2) is 48.3 Å². The lowest BCUT2D eigenvalue weighted by Crippen LogP contribution is -2.56. The highest BCUT2D eigenvalue weighted by molar-refractivity contribution is 5.88. The van der Waals surface area contributed by atoms with E-state index in [-0.39, 0.29) is 0 Å². The van der Waals surface area contributed by atoms with Gasteiger partial charge in [-0.3, -0.25) is 4.79 Å². The van der Waals surface area contributed by atoms with Gasteiger partial charge in [-0.25, -0.2) is 4.79 Å². The average molecular weight is 216 g/mol. The zero-order valence-electron chi connectivity index (χ0n) is 8.87. The normalized spacial score (nSPS) is 22.1. The quantitative estimate of drug-likeness (QED) is 0.560. The van der Waals surface area contributed by atoms with Crippen molar-refractivity contribution in [2.24, 2.45) is 0 Å². The Kier molecular flexibility index (Phi) is 3.65. The monoisotopic (exact) mass is 216 g/mol. The lowest BCUT2D eigenvalue weighted by molar-refractivity contribution is -0.149. The van der Waals surface area contributed by atoms with Gasteiger partial charge in [-0.2, -0.15) is 0 Å². The first kappa shape index (κ1) is 11.9. The van der Waals surface area contributed by atoms with E-state index in [0.717, 1.165) is 0 Å². The minimum Gasteiger partial charge on any atom is -0.480 e. The molecule has 1 aliphatic rings. The molecule has 1 fully saturated rings. The van der Waals surface area contributed by atoms with Crippen LogP contribution in [-0.2, 0) is 14.3 Å². The third-order valence-corrected chi connectivity index (χ3v) is 2.19. The van der Waals surface area contributed by atoms with Crippen molar-refractivity contribution in [1.29, 1.82) is 0 Å². The third kappa shape index (κ3) is 3.17. The molecule has 0 aromatic heterocycles. The van der Waals surface area contributed by atoms with Gasteiger partial charge in [0, 0.05) is 13.1 Å². The van der Waals surface area contributed by atoms with Crippen molar-refractivity contribution in [3.05, 3.63) is 0 Å². The number of nitrogens with one attached hydrogen (secondary N) is 2. The first-order valence-electron chi connectivity index (χ1n) is 4.81. The summed E-state index contributed by atoms with van der Waals surface area (Å²) in [5, 5.41) is 14.2. The summed E-state index contributed by atoms with van der Waals surface area (Å²) in [5.41, 5.74) is -1.27. The fourth-order valence-electron chi connectivity index (χ4n) is 1.18. The summed E-state index contributed by atoms with van der Waals surface area (Å²) >= 11 is 0. The van der Waals surface area contributed by atoms with E-state index >= 15 is 0 Å². The molecule has 0 spiro atoms. The number of ether oxygens (including phenoxy) is 1. The Morgan fingerprint density at radius 1 is 1.53 bits per heavy atom. The van der Waals surface area contributed by atoms with Crippen LogP contribution < -0.4 is 10.6 Å². The highest BCUT2D eigenvalue weighted by Gasteiger charge is 2.32. The van der Waals surface area contributed by atoms with Gasteiger partial charge in [0.25, 0.3) is 5.91 Å². The number of aliphatic carboxylic acids is 1. The highest BCUT2D eigenvalue weighted by Crippen LogP contribution is 2.04. The van der Waals surface area contributed by atoms with Gasteiger partial charge >= 0.3 is 5.97 Å². The summed E-state index contributed by atoms with van der Waals surface area (Å²) in [5.74, 6) is -1.46. The van der Waals surface area contributed by atoms with Crippen molar-refractivity contribution in [1.82, 2.24) is 10.6 Å². The molecule has 6 heteroatoms. The van der Waals surface area contributed by atoms with Gasteiger partial charge < -0.3 is 20.5 Å². The molecule has 1 heterocycles. The maximum absolute atomic E-state index is 11.6. The fraction of sp³-hybridized carbons (Fsp3) is 0.778. The molecule has 3 N–H and O–H groups in total. The van der Waals surface area contributed by atoms with E-state index < -0.39 is 23.5 Å². The number of carboxylic acids is 1. The van der Waals surface area contributed by atoms with Gasteiger partial charge in [0.2, 0.25) is 0 Å². The smallest absolute Gasteiger partial charge is 0.328 e. The molecule has 0 radical (unpaired) electrons. The van der Waals surface area contributed by atoms with Gasteiger partial charge in [-0.1, -0.05) is 0 Å². The molecule has 1 atom stereocenters. The Hall–Kier alpha value is -1.14. The minimum absolute atomic E-state index is 0.394. The van der Waals surface area contributed by atoms with Gasteiger partial charge in [0.1, 0.15) is 11.6 Å². The van der Waals surface area contributed by atoms with Crippen molar-refractivity contribution < 1.29 is 19.4 Å². The molecule has 0 bridgehead atoms. The number of carboxylic acid groups (broad SMARTS) is 1. The molecule has 1 aliphatic heterocycles. The number of amides is 1. The summed E-state index contributed by atoms with van der Waals surface area (Å²) in [4.78, 5) is 22.3. The van der Waals surface area contributed by atoms with Gasteiger partial charge in [-0.15, -0.1) is 0 Å². The van der Waals surface area contributed by atoms with Gasteiger partial charge in [0.05, 0.1) is 6.61 Å². The Morgan fingerprint density at radius 3 is 2.67 bits per heavy atom. The summed E-state index contributed by atoms with van der Waals surface area (Å²) < 4.78 is 5.20. The zero-order chi connectivity index (χ0) is 11.5. The zero-order valence-corrected chi connectivity index (χ0v) is 8.87. The molecule has 15 heavy (non-hydrogen) atoms. The van der Waals surface area contributed by atoms with Crippen LogP contribution in [0.1, 0.15) is 13.8 Å². The highest BCUT2D eigenvalue weighted by atomic mass is 16.5. The van der Waals surface area contributed by atoms with Crippen molar-refractivity contribution in [3.63, 3.8) is 0 Å². The van der Waals surface area contributed by atoms with Crippen LogP contribution in [0.25, 0.3) is 0 Å². The van der Waals surface area contributed by atoms with E-state index in [4.69, 9.17) is 9.84 Å². The van der Waals surface area contributed by atoms with Gasteiger partial charge in [-0.05, 0) is 13.8 Å². The van der Waals surface area contributed by atoms with Crippen molar-refractivity contribution in [2.75, 3.05) is 19.7 Å². The second-order valence-electron chi connectivity index (χ2n) is 3.98. The molecular weight excluding hydrogens is 200 g/mol. The molecule has 0 saturated carbocycles. The fourth-order valence-corrected chi connectivity index (χ4v) is 1.18. The lowest BCUT2D eigenvalue weighted by atomic mass is 10.1. The van der Waals surface area contributed by atoms with E-state index in [1.807, 2.05) is 0 Å². The summed E-state index contributed by atoms with van der Waals surface area (Å²) in [6.07, 6.45) is -0.600. The van der Waals surface area contributed by atoms with Crippen LogP contribution in [0.4, 0.5) is 0 Å². The molecule has 0 aliphatic carbocycles. The number of carbonyl (C=O) groups is 2. The van der Waals surface area contributed by atoms with Crippen LogP contribution in [0.5, 0.6) is 0 Å². The second kappa shape index (κ2) is 4.59. The van der Waals surface area contributed by atoms with E-state index in [1.54, 1.807) is 0 Å². The predicted octanol–water partition coefficient (Wildman–Crippen LogP) is -1.05. The van der Waals surface area contributed by atoms with E-state index in [0.29, 0.717) is 19.7 Å². The third-order valence-electron chi connectivity index (χ3n) is 2.19. The van der Waals surface area contributed by atoms with Crippen LogP contribution in [0.2, 0.25) is 0 Å². The lowest BCUT2D eigenvalue weighted by Gasteiger charge is -2.27. The summed E-state index contributed by atoms with van der Waals surface area (Å²) in [7, 11) is 0. The number of hydrogen-bond donors (Lipinski definition) is 3. The van der Waals surface area contributed by atoms with Crippen LogP contribution in [0, 0.1) is 0 Å². The molecule has 1 unspecified atom stereocenters. The van der Waals surface area contributed by atoms with E-state index in [9.17, 15) is 9.59 Å². The van der Waals surface area contributed by atoms with E-state index in [2.05, 4.69) is 10.6 Å². The maximum Gasteiger partial charge on any atom is 0.328 e.